The van der Waals surface area contributed by atoms with Crippen molar-refractivity contribution in [3.8, 4) is 22.6 Å². The van der Waals surface area contributed by atoms with Crippen LogP contribution in [0.5, 0.6) is 0 Å². The monoisotopic (exact) mass is 681 g/mol. The molecule has 5 heterocycles. The lowest BCUT2D eigenvalue weighted by Crippen LogP contribution is -1.97. The lowest BCUT2D eigenvalue weighted by molar-refractivity contribution is 0.666. The van der Waals surface area contributed by atoms with E-state index in [0.29, 0.717) is 0 Å². The van der Waals surface area contributed by atoms with Crippen LogP contribution in [-0.4, -0.2) is 14.1 Å². The minimum Gasteiger partial charge on any atom is -0.454 e. The van der Waals surface area contributed by atoms with Crippen LogP contribution in [0.15, 0.2) is 168 Å². The molecule has 7 aromatic carbocycles. The topological polar surface area (TPSA) is 35.9 Å². The smallest absolute Gasteiger partial charge is 0.159 e. The van der Waals surface area contributed by atoms with Crippen LogP contribution >= 0.6 is 11.3 Å². The number of pyridine rings is 1. The van der Waals surface area contributed by atoms with Gasteiger partial charge in [-0.3, -0.25) is 4.57 Å². The number of hydrogen-bond acceptors (Lipinski definition) is 3. The third-order valence-electron chi connectivity index (χ3n) is 10.8. The average Bonchev–Trinajstić information content (AvgIpc) is 3.95. The Labute approximate surface area is 301 Å². The molecule has 0 radical (unpaired) electrons. The second-order valence-corrected chi connectivity index (χ2v) is 14.6. The summed E-state index contributed by atoms with van der Waals surface area (Å²) < 4.78 is 13.7. The number of hydrogen-bond donors (Lipinski definition) is 0. The number of thiophene rings is 1. The molecule has 0 atom stereocenters. The summed E-state index contributed by atoms with van der Waals surface area (Å²) in [5.41, 5.74) is 9.83. The summed E-state index contributed by atoms with van der Waals surface area (Å²) in [6, 6.07) is 56.7. The Morgan fingerprint density at radius 3 is 1.81 bits per heavy atom. The van der Waals surface area contributed by atoms with Gasteiger partial charge in [-0.1, -0.05) is 97.1 Å². The van der Waals surface area contributed by atoms with Gasteiger partial charge >= 0.3 is 0 Å². The van der Waals surface area contributed by atoms with E-state index in [2.05, 4.69) is 155 Å². The molecule has 0 N–H and O–H groups in total. The highest BCUT2D eigenvalue weighted by Crippen LogP contribution is 2.42. The van der Waals surface area contributed by atoms with Gasteiger partial charge in [0.25, 0.3) is 0 Å². The zero-order chi connectivity index (χ0) is 33.9. The van der Waals surface area contributed by atoms with Gasteiger partial charge in [-0.15, -0.1) is 11.3 Å². The Morgan fingerprint density at radius 1 is 0.442 bits per heavy atom. The molecule has 4 nitrogen and oxygen atoms in total. The quantitative estimate of drug-likeness (QED) is 0.186. The number of nitrogens with zero attached hydrogens (tertiary/aromatic N) is 3. The Hall–Kier alpha value is -6.69. The summed E-state index contributed by atoms with van der Waals surface area (Å²) in [4.78, 5) is 5.01. The van der Waals surface area contributed by atoms with Gasteiger partial charge in [0.05, 0.1) is 32.5 Å². The molecule has 5 heteroatoms. The van der Waals surface area contributed by atoms with E-state index in [1.54, 1.807) is 0 Å². The minimum atomic E-state index is 0.901. The van der Waals surface area contributed by atoms with E-state index in [-0.39, 0.29) is 0 Å². The number of rotatable bonds is 3. The molecule has 0 fully saturated rings. The van der Waals surface area contributed by atoms with Crippen molar-refractivity contribution >= 4 is 97.1 Å². The fourth-order valence-electron chi connectivity index (χ4n) is 8.50. The molecular weight excluding hydrogens is 655 g/mol. The Kier molecular flexibility index (Phi) is 5.62. The van der Waals surface area contributed by atoms with E-state index in [9.17, 15) is 0 Å². The van der Waals surface area contributed by atoms with Crippen LogP contribution in [0.25, 0.3) is 108 Å². The highest BCUT2D eigenvalue weighted by molar-refractivity contribution is 7.26. The number of furan rings is 1. The molecule has 0 aliphatic carbocycles. The maximum Gasteiger partial charge on any atom is 0.159 e. The summed E-state index contributed by atoms with van der Waals surface area (Å²) in [5, 5.41) is 9.65. The molecule has 12 aromatic rings. The van der Waals surface area contributed by atoms with E-state index in [1.165, 1.54) is 52.8 Å². The molecule has 242 valence electrons. The zero-order valence-corrected chi connectivity index (χ0v) is 28.6. The molecule has 0 saturated carbocycles. The third-order valence-corrected chi connectivity index (χ3v) is 12.0. The molecule has 0 aliphatic rings. The molecule has 0 saturated heterocycles. The van der Waals surface area contributed by atoms with Gasteiger partial charge in [0.15, 0.2) is 11.4 Å². The van der Waals surface area contributed by atoms with Crippen LogP contribution < -0.4 is 0 Å². The molecule has 5 aromatic heterocycles. The lowest BCUT2D eigenvalue weighted by Gasteiger charge is -2.10. The molecule has 52 heavy (non-hydrogen) atoms. The van der Waals surface area contributed by atoms with E-state index in [1.807, 2.05) is 29.7 Å². The number of para-hydroxylation sites is 4. The van der Waals surface area contributed by atoms with Crippen LogP contribution in [-0.2, 0) is 0 Å². The highest BCUT2D eigenvalue weighted by Gasteiger charge is 2.20. The Morgan fingerprint density at radius 2 is 1.04 bits per heavy atom. The normalized spacial score (nSPS) is 12.2. The predicted molar refractivity (Wildman–Crippen MR) is 219 cm³/mol. The van der Waals surface area contributed by atoms with Gasteiger partial charge in [-0.25, -0.2) is 4.98 Å². The van der Waals surface area contributed by atoms with Crippen molar-refractivity contribution in [2.45, 2.75) is 0 Å². The number of benzene rings is 7. The van der Waals surface area contributed by atoms with Crippen molar-refractivity contribution in [2.75, 3.05) is 0 Å². The van der Waals surface area contributed by atoms with Crippen LogP contribution in [0.2, 0.25) is 0 Å². The number of fused-ring (bicyclic) bond motifs is 12. The van der Waals surface area contributed by atoms with Gasteiger partial charge in [0, 0.05) is 54.0 Å². The largest absolute Gasteiger partial charge is 0.454 e. The van der Waals surface area contributed by atoms with E-state index >= 15 is 0 Å². The molecular formula is C47H27N3OS. The Balaban J connectivity index is 1.07. The first-order valence-electron chi connectivity index (χ1n) is 17.5. The van der Waals surface area contributed by atoms with Crippen LogP contribution in [0.3, 0.4) is 0 Å². The van der Waals surface area contributed by atoms with Gasteiger partial charge in [0.2, 0.25) is 0 Å². The van der Waals surface area contributed by atoms with Gasteiger partial charge in [-0.2, -0.15) is 0 Å². The first-order valence-corrected chi connectivity index (χ1v) is 18.4. The first kappa shape index (κ1) is 28.1. The SMILES string of the molecule is c1ccc2c(c1)oc1c(-n3c4ccccc4c4cc(-c5ccc6c(c5)c5ccccc5n6-c5nccc6c5sc5ccccc56)ccc43)cccc12. The maximum absolute atomic E-state index is 6.52. The first-order chi connectivity index (χ1) is 25.8. The van der Waals surface area contributed by atoms with Gasteiger partial charge in [0.1, 0.15) is 5.58 Å². The third kappa shape index (κ3) is 3.78. The summed E-state index contributed by atoms with van der Waals surface area (Å²) in [5.74, 6) is 0.978. The molecule has 0 unspecified atom stereocenters. The maximum atomic E-state index is 6.52. The fraction of sp³-hybridized carbons (Fsp3) is 0. The highest BCUT2D eigenvalue weighted by atomic mass is 32.1. The average molecular weight is 682 g/mol. The van der Waals surface area contributed by atoms with Crippen molar-refractivity contribution in [1.82, 2.24) is 14.1 Å². The predicted octanol–water partition coefficient (Wildman–Crippen LogP) is 13.2. The summed E-state index contributed by atoms with van der Waals surface area (Å²) >= 11 is 1.82. The molecule has 12 rings (SSSR count). The van der Waals surface area contributed by atoms with Gasteiger partial charge < -0.3 is 8.98 Å². The summed E-state index contributed by atoms with van der Waals surface area (Å²) in [6.45, 7) is 0. The standard InChI is InChI=1S/C47H27N3OS/c1-5-15-38-30(10-1)36-26-28(20-22-40(36)49(38)42-17-9-14-34-32-12-3-7-18-43(32)51-45(34)42)29-21-23-41-37(27-29)31-11-2-6-16-39(31)50(41)47-46-35(24-25-48-47)33-13-4-8-19-44(33)52-46/h1-27H. The van der Waals surface area contributed by atoms with Crippen LogP contribution in [0.1, 0.15) is 0 Å². The van der Waals surface area contributed by atoms with Crippen molar-refractivity contribution in [3.63, 3.8) is 0 Å². The van der Waals surface area contributed by atoms with Gasteiger partial charge in [-0.05, 0) is 71.8 Å². The molecule has 0 aliphatic heterocycles. The minimum absolute atomic E-state index is 0.901. The fourth-order valence-corrected chi connectivity index (χ4v) is 9.68. The van der Waals surface area contributed by atoms with E-state index in [4.69, 9.17) is 9.40 Å². The summed E-state index contributed by atoms with van der Waals surface area (Å²) in [7, 11) is 0. The number of aromatic nitrogens is 3. The van der Waals surface area contributed by atoms with Crippen molar-refractivity contribution in [2.24, 2.45) is 0 Å². The molecule has 0 spiro atoms. The Bertz CT molecular complexity index is 3200. The second kappa shape index (κ2) is 10.4. The van der Waals surface area contributed by atoms with E-state index < -0.39 is 0 Å². The van der Waals surface area contributed by atoms with Crippen molar-refractivity contribution in [3.05, 3.63) is 164 Å². The van der Waals surface area contributed by atoms with Crippen LogP contribution in [0, 0.1) is 0 Å². The lowest BCUT2D eigenvalue weighted by atomic mass is 10.0. The van der Waals surface area contributed by atoms with Crippen molar-refractivity contribution in [1.29, 1.82) is 0 Å². The second-order valence-electron chi connectivity index (χ2n) is 13.5. The van der Waals surface area contributed by atoms with Crippen molar-refractivity contribution < 1.29 is 4.42 Å². The molecule has 0 bridgehead atoms. The van der Waals surface area contributed by atoms with Crippen LogP contribution in [0.4, 0.5) is 0 Å². The zero-order valence-electron chi connectivity index (χ0n) is 27.7. The van der Waals surface area contributed by atoms with E-state index in [0.717, 1.165) is 55.5 Å². The molecule has 0 amide bonds. The summed E-state index contributed by atoms with van der Waals surface area (Å²) in [6.07, 6.45) is 1.95.